The molecule has 0 amide bonds. The van der Waals surface area contributed by atoms with Gasteiger partial charge in [-0.1, -0.05) is 19.9 Å². The zero-order chi connectivity index (χ0) is 10.8. The van der Waals surface area contributed by atoms with E-state index >= 15 is 0 Å². The summed E-state index contributed by atoms with van der Waals surface area (Å²) in [6.07, 6.45) is 1.37. The van der Waals surface area contributed by atoms with E-state index in [-0.39, 0.29) is 6.61 Å². The third kappa shape index (κ3) is 2.08. The topological polar surface area (TPSA) is 59.1 Å². The predicted octanol–water partition coefficient (Wildman–Crippen LogP) is 1.24. The lowest BCUT2D eigenvalue weighted by Gasteiger charge is -2.29. The van der Waals surface area contributed by atoms with Gasteiger partial charge in [-0.3, -0.25) is 0 Å². The summed E-state index contributed by atoms with van der Waals surface area (Å²) in [6, 6.07) is 2.66. The highest BCUT2D eigenvalue weighted by molar-refractivity contribution is 5.17. The molecule has 0 bridgehead atoms. The Kier molecular flexibility index (Phi) is 3.18. The van der Waals surface area contributed by atoms with Gasteiger partial charge in [-0.2, -0.15) is 4.39 Å². The van der Waals surface area contributed by atoms with Crippen LogP contribution in [0.15, 0.2) is 18.3 Å². The fourth-order valence-electron chi connectivity index (χ4n) is 1.15. The molecule has 0 unspecified atom stereocenters. The maximum atomic E-state index is 13.2. The molecule has 0 saturated heterocycles. The van der Waals surface area contributed by atoms with Crippen LogP contribution >= 0.6 is 0 Å². The van der Waals surface area contributed by atoms with Gasteiger partial charge in [0.15, 0.2) is 0 Å². The summed E-state index contributed by atoms with van der Waals surface area (Å²) in [6.45, 7) is 3.47. The van der Waals surface area contributed by atoms with Crippen molar-refractivity contribution in [3.63, 3.8) is 0 Å². The molecule has 0 saturated carbocycles. The highest BCUT2D eigenvalue weighted by atomic mass is 19.1. The van der Waals surface area contributed by atoms with E-state index in [1.165, 1.54) is 6.20 Å². The molecule has 0 radical (unpaired) electrons. The van der Waals surface area contributed by atoms with Gasteiger partial charge in [0, 0.05) is 29.8 Å². The largest absolute Gasteiger partial charge is 0.396 e. The highest BCUT2D eigenvalue weighted by Crippen LogP contribution is 2.31. The molecule has 3 N–H and O–H groups in total. The zero-order valence-electron chi connectivity index (χ0n) is 8.37. The van der Waals surface area contributed by atoms with E-state index in [1.807, 2.05) is 0 Å². The lowest BCUT2D eigenvalue weighted by atomic mass is 9.82. The summed E-state index contributed by atoms with van der Waals surface area (Å²) in [5.41, 5.74) is 5.63. The number of aliphatic hydroxyl groups excluding tert-OH is 1. The lowest BCUT2D eigenvalue weighted by Crippen LogP contribution is -2.33. The summed E-state index contributed by atoms with van der Waals surface area (Å²) in [5.74, 6) is -0.568. The molecule has 0 aliphatic heterocycles. The van der Waals surface area contributed by atoms with Gasteiger partial charge in [-0.05, 0) is 6.07 Å². The van der Waals surface area contributed by atoms with Gasteiger partial charge in [-0.25, -0.2) is 4.98 Å². The molecular formula is C10H15FN2O. The average molecular weight is 198 g/mol. The summed E-state index contributed by atoms with van der Waals surface area (Å²) in [4.78, 5) is 3.52. The van der Waals surface area contributed by atoms with Crippen LogP contribution in [0.3, 0.4) is 0 Å². The van der Waals surface area contributed by atoms with Crippen LogP contribution in [0.4, 0.5) is 4.39 Å². The van der Waals surface area contributed by atoms with Crippen LogP contribution < -0.4 is 5.73 Å². The van der Waals surface area contributed by atoms with E-state index in [4.69, 9.17) is 10.8 Å². The average Bonchev–Trinajstić information content (AvgIpc) is 2.17. The first-order chi connectivity index (χ1) is 6.49. The molecule has 14 heavy (non-hydrogen) atoms. The Hall–Kier alpha value is -1.00. The highest BCUT2D eigenvalue weighted by Gasteiger charge is 2.29. The smallest absolute Gasteiger partial charge is 0.217 e. The van der Waals surface area contributed by atoms with E-state index in [0.717, 1.165) is 0 Å². The number of rotatable bonds is 3. The SMILES string of the molecule is CC(C)(CO)[C@@H](N)c1cccnc1F. The first-order valence-electron chi connectivity index (χ1n) is 4.46. The summed E-state index contributed by atoms with van der Waals surface area (Å²) in [5, 5.41) is 9.09. The molecule has 1 aromatic heterocycles. The van der Waals surface area contributed by atoms with E-state index in [1.54, 1.807) is 26.0 Å². The van der Waals surface area contributed by atoms with Crippen LogP contribution in [0.2, 0.25) is 0 Å². The number of hydrogen-bond acceptors (Lipinski definition) is 3. The van der Waals surface area contributed by atoms with Crippen LogP contribution in [0.5, 0.6) is 0 Å². The number of aromatic nitrogens is 1. The molecule has 1 heterocycles. The molecule has 1 rings (SSSR count). The second-order valence-corrected chi connectivity index (χ2v) is 4.01. The fraction of sp³-hybridized carbons (Fsp3) is 0.500. The van der Waals surface area contributed by atoms with Gasteiger partial charge >= 0.3 is 0 Å². The van der Waals surface area contributed by atoms with E-state index < -0.39 is 17.4 Å². The molecule has 0 aliphatic carbocycles. The Labute approximate surface area is 82.8 Å². The van der Waals surface area contributed by atoms with E-state index in [0.29, 0.717) is 5.56 Å². The third-order valence-corrected chi connectivity index (χ3v) is 2.37. The Morgan fingerprint density at radius 1 is 1.64 bits per heavy atom. The quantitative estimate of drug-likeness (QED) is 0.718. The molecule has 0 aromatic carbocycles. The Bertz CT molecular complexity index is 315. The number of nitrogens with two attached hydrogens (primary N) is 1. The number of aliphatic hydroxyl groups is 1. The van der Waals surface area contributed by atoms with Gasteiger partial charge in [0.05, 0.1) is 0 Å². The van der Waals surface area contributed by atoms with Crippen molar-refractivity contribution in [3.8, 4) is 0 Å². The number of nitrogens with zero attached hydrogens (tertiary/aromatic N) is 1. The fourth-order valence-corrected chi connectivity index (χ4v) is 1.15. The standard InChI is InChI=1S/C10H15FN2O/c1-10(2,6-14)8(12)7-4-3-5-13-9(7)11/h3-5,8,14H,6,12H2,1-2H3/t8-/m0/s1. The van der Waals surface area contributed by atoms with Gasteiger partial charge < -0.3 is 10.8 Å². The van der Waals surface area contributed by atoms with Crippen molar-refractivity contribution >= 4 is 0 Å². The Morgan fingerprint density at radius 3 is 2.79 bits per heavy atom. The number of halogens is 1. The maximum Gasteiger partial charge on any atom is 0.217 e. The summed E-state index contributed by atoms with van der Waals surface area (Å²) < 4.78 is 13.2. The number of pyridine rings is 1. The second kappa shape index (κ2) is 4.02. The van der Waals surface area contributed by atoms with Crippen molar-refractivity contribution in [2.24, 2.45) is 11.1 Å². The number of hydrogen-bond donors (Lipinski definition) is 2. The Morgan fingerprint density at radius 2 is 2.29 bits per heavy atom. The molecule has 0 fully saturated rings. The first-order valence-corrected chi connectivity index (χ1v) is 4.46. The van der Waals surface area contributed by atoms with Crippen LogP contribution in [0.1, 0.15) is 25.5 Å². The predicted molar refractivity (Wildman–Crippen MR) is 52.0 cm³/mol. The molecular weight excluding hydrogens is 183 g/mol. The van der Waals surface area contributed by atoms with Crippen LogP contribution in [0.25, 0.3) is 0 Å². The summed E-state index contributed by atoms with van der Waals surface area (Å²) in [7, 11) is 0. The Balaban J connectivity index is 3.00. The van der Waals surface area contributed by atoms with E-state index in [9.17, 15) is 4.39 Å². The van der Waals surface area contributed by atoms with Crippen molar-refractivity contribution in [1.29, 1.82) is 0 Å². The molecule has 1 atom stereocenters. The van der Waals surface area contributed by atoms with Gasteiger partial charge in [-0.15, -0.1) is 0 Å². The minimum absolute atomic E-state index is 0.0947. The minimum Gasteiger partial charge on any atom is -0.396 e. The van der Waals surface area contributed by atoms with Crippen molar-refractivity contribution in [2.45, 2.75) is 19.9 Å². The molecule has 4 heteroatoms. The molecule has 3 nitrogen and oxygen atoms in total. The first kappa shape index (κ1) is 11.1. The maximum absolute atomic E-state index is 13.2. The monoisotopic (exact) mass is 198 g/mol. The summed E-state index contributed by atoms with van der Waals surface area (Å²) >= 11 is 0. The lowest BCUT2D eigenvalue weighted by molar-refractivity contribution is 0.130. The zero-order valence-corrected chi connectivity index (χ0v) is 8.37. The van der Waals surface area contributed by atoms with Crippen molar-refractivity contribution < 1.29 is 9.50 Å². The molecule has 0 aliphatic rings. The van der Waals surface area contributed by atoms with Crippen molar-refractivity contribution in [3.05, 3.63) is 29.8 Å². The van der Waals surface area contributed by atoms with Crippen LogP contribution in [0, 0.1) is 11.4 Å². The van der Waals surface area contributed by atoms with Crippen molar-refractivity contribution in [1.82, 2.24) is 4.98 Å². The van der Waals surface area contributed by atoms with Gasteiger partial charge in [0.25, 0.3) is 0 Å². The normalized spacial score (nSPS) is 14.1. The third-order valence-electron chi connectivity index (χ3n) is 2.37. The molecule has 1 aromatic rings. The minimum atomic E-state index is -0.568. The molecule has 78 valence electrons. The second-order valence-electron chi connectivity index (χ2n) is 4.01. The molecule has 0 spiro atoms. The van der Waals surface area contributed by atoms with Gasteiger partial charge in [0.1, 0.15) is 0 Å². The van der Waals surface area contributed by atoms with Crippen LogP contribution in [-0.4, -0.2) is 16.7 Å². The van der Waals surface area contributed by atoms with Crippen LogP contribution in [-0.2, 0) is 0 Å². The van der Waals surface area contributed by atoms with Crippen molar-refractivity contribution in [2.75, 3.05) is 6.61 Å². The van der Waals surface area contributed by atoms with E-state index in [2.05, 4.69) is 4.98 Å². The van der Waals surface area contributed by atoms with Gasteiger partial charge in [0.2, 0.25) is 5.95 Å².